The molecular formula is C27H43N5O. The van der Waals surface area contributed by atoms with E-state index >= 15 is 0 Å². The van der Waals surface area contributed by atoms with Gasteiger partial charge in [-0.05, 0) is 43.9 Å². The van der Waals surface area contributed by atoms with Gasteiger partial charge < -0.3 is 14.7 Å². The number of piperazine rings is 1. The van der Waals surface area contributed by atoms with E-state index in [-0.39, 0.29) is 5.91 Å². The third-order valence-electron chi connectivity index (χ3n) is 6.54. The van der Waals surface area contributed by atoms with E-state index in [4.69, 9.17) is 5.10 Å². The van der Waals surface area contributed by atoms with Crippen molar-refractivity contribution in [2.45, 2.75) is 60.9 Å². The van der Waals surface area contributed by atoms with Crippen LogP contribution in [0.4, 0.5) is 5.82 Å². The number of benzene rings is 1. The van der Waals surface area contributed by atoms with Crippen LogP contribution in [0.25, 0.3) is 5.69 Å². The van der Waals surface area contributed by atoms with Crippen LogP contribution in [0.2, 0.25) is 0 Å². The lowest BCUT2D eigenvalue weighted by atomic mass is 10.1. The largest absolute Gasteiger partial charge is 0.354 e. The van der Waals surface area contributed by atoms with Crippen molar-refractivity contribution >= 4 is 11.7 Å². The topological polar surface area (TPSA) is 44.6 Å². The Morgan fingerprint density at radius 1 is 1.03 bits per heavy atom. The number of carbonyl (C=O) groups is 1. The van der Waals surface area contributed by atoms with Gasteiger partial charge in [0.15, 0.2) is 0 Å². The standard InChI is InChI=1S/C27H43N5O/c1-7-29-15-17-30(18-16-29)27-25(23(6)28-32(27)24-11-9-8-10-12-24)20-31(14-13-21(2)3)26(33)19-22(4)5/h8-12,21-22H,7,13-20H2,1-6H3. The summed E-state index contributed by atoms with van der Waals surface area (Å²) < 4.78 is 2.10. The van der Waals surface area contributed by atoms with E-state index in [0.29, 0.717) is 24.8 Å². The Morgan fingerprint density at radius 2 is 1.70 bits per heavy atom. The third-order valence-corrected chi connectivity index (χ3v) is 6.54. The van der Waals surface area contributed by atoms with Crippen molar-refractivity contribution in [2.75, 3.05) is 44.2 Å². The number of likely N-dealkylation sites (N-methyl/N-ethyl adjacent to an activating group) is 1. The van der Waals surface area contributed by atoms with Crippen molar-refractivity contribution in [1.82, 2.24) is 19.6 Å². The van der Waals surface area contributed by atoms with Gasteiger partial charge in [-0.25, -0.2) is 4.68 Å². The van der Waals surface area contributed by atoms with Gasteiger partial charge in [0.25, 0.3) is 0 Å². The molecule has 0 radical (unpaired) electrons. The minimum absolute atomic E-state index is 0.249. The molecule has 0 saturated carbocycles. The van der Waals surface area contributed by atoms with Gasteiger partial charge in [0, 0.05) is 44.7 Å². The van der Waals surface area contributed by atoms with Crippen molar-refractivity contribution in [2.24, 2.45) is 11.8 Å². The van der Waals surface area contributed by atoms with Crippen LogP contribution in [0.3, 0.4) is 0 Å². The number of rotatable bonds is 10. The van der Waals surface area contributed by atoms with Gasteiger partial charge in [0.1, 0.15) is 5.82 Å². The monoisotopic (exact) mass is 453 g/mol. The quantitative estimate of drug-likeness (QED) is 0.521. The lowest BCUT2D eigenvalue weighted by Crippen LogP contribution is -2.47. The number of aromatic nitrogens is 2. The van der Waals surface area contributed by atoms with Gasteiger partial charge in [0.05, 0.1) is 17.9 Å². The molecule has 0 atom stereocenters. The normalized spacial score (nSPS) is 15.0. The number of hydrogen-bond donors (Lipinski definition) is 0. The zero-order valence-corrected chi connectivity index (χ0v) is 21.5. The van der Waals surface area contributed by atoms with Crippen LogP contribution >= 0.6 is 0 Å². The second kappa shape index (κ2) is 11.7. The van der Waals surface area contributed by atoms with Gasteiger partial charge in [-0.3, -0.25) is 4.79 Å². The van der Waals surface area contributed by atoms with Crippen molar-refractivity contribution in [3.8, 4) is 5.69 Å². The van der Waals surface area contributed by atoms with Crippen molar-refractivity contribution < 1.29 is 4.79 Å². The summed E-state index contributed by atoms with van der Waals surface area (Å²) >= 11 is 0. The number of nitrogens with zero attached hydrogens (tertiary/aromatic N) is 5. The Labute approximate surface area is 200 Å². The molecule has 1 fully saturated rings. The molecule has 0 N–H and O–H groups in total. The molecule has 182 valence electrons. The summed E-state index contributed by atoms with van der Waals surface area (Å²) in [5, 5.41) is 4.99. The van der Waals surface area contributed by atoms with Crippen LogP contribution in [0.5, 0.6) is 0 Å². The fraction of sp³-hybridized carbons (Fsp3) is 0.630. The van der Waals surface area contributed by atoms with Gasteiger partial charge in [-0.15, -0.1) is 0 Å². The molecule has 0 bridgehead atoms. The first-order valence-electron chi connectivity index (χ1n) is 12.7. The number of aryl methyl sites for hydroxylation is 1. The second-order valence-corrected chi connectivity index (χ2v) is 10.2. The Balaban J connectivity index is 1.98. The number of hydrogen-bond acceptors (Lipinski definition) is 4. The van der Waals surface area contributed by atoms with Crippen LogP contribution in [0.1, 0.15) is 58.7 Å². The molecule has 0 unspecified atom stereocenters. The molecule has 1 aromatic carbocycles. The molecule has 33 heavy (non-hydrogen) atoms. The molecule has 2 heterocycles. The van der Waals surface area contributed by atoms with Crippen LogP contribution in [-0.2, 0) is 11.3 Å². The van der Waals surface area contributed by atoms with Gasteiger partial charge in [-0.1, -0.05) is 52.8 Å². The Kier molecular flexibility index (Phi) is 8.95. The predicted molar refractivity (Wildman–Crippen MR) is 137 cm³/mol. The maximum atomic E-state index is 13.2. The fourth-order valence-electron chi connectivity index (χ4n) is 4.46. The van der Waals surface area contributed by atoms with Crippen LogP contribution in [0.15, 0.2) is 30.3 Å². The van der Waals surface area contributed by atoms with Crippen LogP contribution in [-0.4, -0.2) is 64.8 Å². The van der Waals surface area contributed by atoms with E-state index in [1.807, 2.05) is 6.07 Å². The smallest absolute Gasteiger partial charge is 0.223 e. The highest BCUT2D eigenvalue weighted by Gasteiger charge is 2.27. The van der Waals surface area contributed by atoms with Crippen molar-refractivity contribution in [3.05, 3.63) is 41.6 Å². The number of para-hydroxylation sites is 1. The summed E-state index contributed by atoms with van der Waals surface area (Å²) in [6.45, 7) is 19.6. The lowest BCUT2D eigenvalue weighted by molar-refractivity contribution is -0.132. The van der Waals surface area contributed by atoms with E-state index in [9.17, 15) is 4.79 Å². The summed E-state index contributed by atoms with van der Waals surface area (Å²) in [6.07, 6.45) is 1.61. The molecule has 1 aromatic heterocycles. The minimum atomic E-state index is 0.249. The average molecular weight is 454 g/mol. The van der Waals surface area contributed by atoms with Gasteiger partial charge in [-0.2, -0.15) is 5.10 Å². The van der Waals surface area contributed by atoms with E-state index in [1.165, 1.54) is 5.56 Å². The van der Waals surface area contributed by atoms with Gasteiger partial charge >= 0.3 is 0 Å². The molecule has 1 aliphatic heterocycles. The van der Waals surface area contributed by atoms with E-state index in [2.05, 4.69) is 85.2 Å². The molecule has 1 aliphatic rings. The fourth-order valence-corrected chi connectivity index (χ4v) is 4.46. The zero-order valence-electron chi connectivity index (χ0n) is 21.5. The first kappa shape index (κ1) is 25.3. The summed E-state index contributed by atoms with van der Waals surface area (Å²) in [5.41, 5.74) is 3.27. The molecular weight excluding hydrogens is 410 g/mol. The Bertz CT molecular complexity index is 881. The van der Waals surface area contributed by atoms with Crippen LogP contribution < -0.4 is 4.90 Å². The molecule has 0 aliphatic carbocycles. The maximum absolute atomic E-state index is 13.2. The molecule has 1 saturated heterocycles. The minimum Gasteiger partial charge on any atom is -0.354 e. The molecule has 2 aromatic rings. The lowest BCUT2D eigenvalue weighted by Gasteiger charge is -2.36. The summed E-state index contributed by atoms with van der Waals surface area (Å²) in [5.74, 6) is 2.32. The van der Waals surface area contributed by atoms with E-state index < -0.39 is 0 Å². The van der Waals surface area contributed by atoms with Crippen LogP contribution in [0, 0.1) is 18.8 Å². The summed E-state index contributed by atoms with van der Waals surface area (Å²) in [7, 11) is 0. The highest BCUT2D eigenvalue weighted by atomic mass is 16.2. The Morgan fingerprint density at radius 3 is 2.27 bits per heavy atom. The van der Waals surface area contributed by atoms with Crippen molar-refractivity contribution in [3.63, 3.8) is 0 Å². The molecule has 6 nitrogen and oxygen atoms in total. The zero-order chi connectivity index (χ0) is 24.0. The molecule has 0 spiro atoms. The summed E-state index contributed by atoms with van der Waals surface area (Å²) in [6, 6.07) is 10.4. The number of carbonyl (C=O) groups excluding carboxylic acids is 1. The third kappa shape index (κ3) is 6.59. The second-order valence-electron chi connectivity index (χ2n) is 10.2. The van der Waals surface area contributed by atoms with E-state index in [0.717, 1.165) is 62.9 Å². The highest BCUT2D eigenvalue weighted by Crippen LogP contribution is 2.30. The maximum Gasteiger partial charge on any atom is 0.223 e. The van der Waals surface area contributed by atoms with E-state index in [1.54, 1.807) is 0 Å². The van der Waals surface area contributed by atoms with Gasteiger partial charge in [0.2, 0.25) is 5.91 Å². The molecule has 6 heteroatoms. The number of amides is 1. The molecule has 3 rings (SSSR count). The number of anilines is 1. The molecule has 1 amide bonds. The SMILES string of the molecule is CCN1CCN(c2c(CN(CCC(C)C)C(=O)CC(C)C)c(C)nn2-c2ccccc2)CC1. The summed E-state index contributed by atoms with van der Waals surface area (Å²) in [4.78, 5) is 20.2. The average Bonchev–Trinajstić information content (AvgIpc) is 3.12. The van der Waals surface area contributed by atoms with Crippen molar-refractivity contribution in [1.29, 1.82) is 0 Å². The first-order chi connectivity index (χ1) is 15.8. The predicted octanol–water partition coefficient (Wildman–Crippen LogP) is 4.74. The Hall–Kier alpha value is -2.34. The first-order valence-corrected chi connectivity index (χ1v) is 12.7. The highest BCUT2D eigenvalue weighted by molar-refractivity contribution is 5.76.